The molecule has 3 nitrogen and oxygen atoms in total. The Kier molecular flexibility index (Phi) is 4.23. The number of hydrogen-bond donors (Lipinski definition) is 1. The molecule has 0 saturated carbocycles. The molecule has 122 valence electrons. The van der Waals surface area contributed by atoms with Crippen molar-refractivity contribution in [2.24, 2.45) is 5.10 Å². The first-order valence-corrected chi connectivity index (χ1v) is 8.41. The number of hydrogen-bond acceptors (Lipinski definition) is 3. The molecule has 1 aliphatic heterocycles. The van der Waals surface area contributed by atoms with Gasteiger partial charge in [-0.3, -0.25) is 5.43 Å². The Morgan fingerprint density at radius 3 is 2.12 bits per heavy atom. The molecule has 1 heterocycles. The van der Waals surface area contributed by atoms with Crippen molar-refractivity contribution in [3.63, 3.8) is 0 Å². The molecule has 0 unspecified atom stereocenters. The number of anilines is 1. The van der Waals surface area contributed by atoms with E-state index in [-0.39, 0.29) is 0 Å². The summed E-state index contributed by atoms with van der Waals surface area (Å²) in [4.78, 5) is 0. The lowest BCUT2D eigenvalue weighted by Crippen LogP contribution is -2.36. The van der Waals surface area contributed by atoms with Crippen LogP contribution in [-0.2, 0) is 0 Å². The van der Waals surface area contributed by atoms with Gasteiger partial charge in [0.05, 0.1) is 17.1 Å². The standard InChI is InChI=1S/C21H16ClN3/c22-18-12-7-13-19(14-18)25-23-20(16-8-3-1-4-9-16)15-21(24-25)17-10-5-2-6-11-17/h1-15,23H. The molecule has 0 bridgehead atoms. The van der Waals surface area contributed by atoms with Crippen molar-refractivity contribution in [2.75, 3.05) is 5.12 Å². The fourth-order valence-electron chi connectivity index (χ4n) is 2.69. The van der Waals surface area contributed by atoms with E-state index in [0.717, 1.165) is 28.2 Å². The van der Waals surface area contributed by atoms with Crippen LogP contribution in [0.15, 0.2) is 96.1 Å². The van der Waals surface area contributed by atoms with E-state index >= 15 is 0 Å². The summed E-state index contributed by atoms with van der Waals surface area (Å²) in [5.74, 6) is 0. The van der Waals surface area contributed by atoms with Crippen LogP contribution in [0.1, 0.15) is 11.1 Å². The van der Waals surface area contributed by atoms with Gasteiger partial charge in [0.1, 0.15) is 0 Å². The zero-order valence-electron chi connectivity index (χ0n) is 13.4. The summed E-state index contributed by atoms with van der Waals surface area (Å²) >= 11 is 6.15. The van der Waals surface area contributed by atoms with Crippen LogP contribution < -0.4 is 10.5 Å². The summed E-state index contributed by atoms with van der Waals surface area (Å²) in [5, 5.41) is 7.18. The number of rotatable bonds is 3. The van der Waals surface area contributed by atoms with Crippen molar-refractivity contribution >= 4 is 28.7 Å². The van der Waals surface area contributed by atoms with Gasteiger partial charge in [0, 0.05) is 10.6 Å². The van der Waals surface area contributed by atoms with Crippen LogP contribution in [0.25, 0.3) is 5.70 Å². The van der Waals surface area contributed by atoms with E-state index in [4.69, 9.17) is 16.7 Å². The average Bonchev–Trinajstić information content (AvgIpc) is 2.69. The molecule has 4 heteroatoms. The van der Waals surface area contributed by atoms with E-state index in [0.29, 0.717) is 5.02 Å². The highest BCUT2D eigenvalue weighted by molar-refractivity contribution is 6.30. The monoisotopic (exact) mass is 345 g/mol. The number of nitrogens with zero attached hydrogens (tertiary/aromatic N) is 2. The highest BCUT2D eigenvalue weighted by Gasteiger charge is 2.17. The van der Waals surface area contributed by atoms with E-state index in [1.165, 1.54) is 0 Å². The molecule has 1 aliphatic rings. The Hall–Kier alpha value is -3.04. The minimum atomic E-state index is 0.673. The average molecular weight is 346 g/mol. The van der Waals surface area contributed by atoms with Crippen LogP contribution in [-0.4, -0.2) is 5.71 Å². The van der Waals surface area contributed by atoms with Gasteiger partial charge in [0.2, 0.25) is 0 Å². The number of halogens is 1. The van der Waals surface area contributed by atoms with Gasteiger partial charge in [-0.2, -0.15) is 10.2 Å². The summed E-state index contributed by atoms with van der Waals surface area (Å²) in [6, 6.07) is 28.0. The van der Waals surface area contributed by atoms with Crippen LogP contribution >= 0.6 is 11.6 Å². The van der Waals surface area contributed by atoms with Gasteiger partial charge in [-0.25, -0.2) is 0 Å². The first-order chi connectivity index (χ1) is 12.3. The van der Waals surface area contributed by atoms with E-state index in [1.54, 1.807) is 5.12 Å². The number of benzene rings is 3. The SMILES string of the molecule is Clc1cccc(N2N=C(c3ccccc3)C=C(c3ccccc3)N2)c1. The molecule has 0 fully saturated rings. The van der Waals surface area contributed by atoms with Crippen molar-refractivity contribution in [3.05, 3.63) is 107 Å². The quantitative estimate of drug-likeness (QED) is 0.714. The highest BCUT2D eigenvalue weighted by atomic mass is 35.5. The fraction of sp³-hybridized carbons (Fsp3) is 0. The van der Waals surface area contributed by atoms with Crippen LogP contribution in [0.3, 0.4) is 0 Å². The van der Waals surface area contributed by atoms with Gasteiger partial charge in [-0.05, 0) is 29.8 Å². The molecule has 0 saturated heterocycles. The Morgan fingerprint density at radius 1 is 0.760 bits per heavy atom. The molecule has 0 amide bonds. The lowest BCUT2D eigenvalue weighted by Gasteiger charge is -2.28. The van der Waals surface area contributed by atoms with E-state index in [1.807, 2.05) is 60.7 Å². The molecule has 0 aromatic heterocycles. The molecule has 3 aromatic rings. The van der Waals surface area contributed by atoms with Gasteiger partial charge < -0.3 is 0 Å². The molecule has 4 rings (SSSR count). The van der Waals surface area contributed by atoms with E-state index < -0.39 is 0 Å². The number of nitrogens with one attached hydrogen (secondary N) is 1. The maximum atomic E-state index is 6.15. The van der Waals surface area contributed by atoms with Crippen molar-refractivity contribution in [3.8, 4) is 0 Å². The van der Waals surface area contributed by atoms with Crippen LogP contribution in [0, 0.1) is 0 Å². The Labute approximate surface area is 151 Å². The second-order valence-electron chi connectivity index (χ2n) is 5.68. The molecule has 0 spiro atoms. The molecule has 1 N–H and O–H groups in total. The molecular weight excluding hydrogens is 330 g/mol. The van der Waals surface area contributed by atoms with Gasteiger partial charge in [0.15, 0.2) is 0 Å². The van der Waals surface area contributed by atoms with Crippen LogP contribution in [0.2, 0.25) is 5.02 Å². The van der Waals surface area contributed by atoms with E-state index in [9.17, 15) is 0 Å². The van der Waals surface area contributed by atoms with Crippen LogP contribution in [0.5, 0.6) is 0 Å². The third kappa shape index (κ3) is 3.42. The normalized spacial score (nSPS) is 13.7. The molecule has 0 radical (unpaired) electrons. The second-order valence-corrected chi connectivity index (χ2v) is 6.12. The van der Waals surface area contributed by atoms with Gasteiger partial charge in [-0.15, -0.1) is 0 Å². The summed E-state index contributed by atoms with van der Waals surface area (Å²) in [5.41, 5.74) is 8.26. The highest BCUT2D eigenvalue weighted by Crippen LogP contribution is 2.24. The largest absolute Gasteiger partial charge is 0.277 e. The summed E-state index contributed by atoms with van der Waals surface area (Å²) in [7, 11) is 0. The summed E-state index contributed by atoms with van der Waals surface area (Å²) in [6.45, 7) is 0. The molecule has 0 aliphatic carbocycles. The minimum absolute atomic E-state index is 0.673. The van der Waals surface area contributed by atoms with Gasteiger partial charge in [0.25, 0.3) is 0 Å². The predicted molar refractivity (Wildman–Crippen MR) is 104 cm³/mol. The third-order valence-corrected chi connectivity index (χ3v) is 4.16. The lowest BCUT2D eigenvalue weighted by molar-refractivity contribution is 0.787. The number of hydrazine groups is 1. The smallest absolute Gasteiger partial charge is 0.0949 e. The third-order valence-electron chi connectivity index (χ3n) is 3.92. The molecule has 0 atom stereocenters. The van der Waals surface area contributed by atoms with Crippen molar-refractivity contribution in [1.29, 1.82) is 0 Å². The lowest BCUT2D eigenvalue weighted by atomic mass is 10.1. The Bertz CT molecular complexity index is 934. The van der Waals surface area contributed by atoms with Gasteiger partial charge >= 0.3 is 0 Å². The molecular formula is C21H16ClN3. The van der Waals surface area contributed by atoms with Crippen molar-refractivity contribution in [2.45, 2.75) is 0 Å². The zero-order valence-corrected chi connectivity index (χ0v) is 14.2. The van der Waals surface area contributed by atoms with Crippen LogP contribution in [0.4, 0.5) is 5.69 Å². The van der Waals surface area contributed by atoms with Crippen molar-refractivity contribution in [1.82, 2.24) is 5.43 Å². The zero-order chi connectivity index (χ0) is 17.1. The second kappa shape index (κ2) is 6.83. The predicted octanol–water partition coefficient (Wildman–Crippen LogP) is 5.11. The van der Waals surface area contributed by atoms with Crippen molar-refractivity contribution < 1.29 is 0 Å². The van der Waals surface area contributed by atoms with Gasteiger partial charge in [-0.1, -0.05) is 78.3 Å². The summed E-state index contributed by atoms with van der Waals surface area (Å²) < 4.78 is 0. The van der Waals surface area contributed by atoms with E-state index in [2.05, 4.69) is 35.8 Å². The maximum absolute atomic E-state index is 6.15. The summed E-state index contributed by atoms with van der Waals surface area (Å²) in [6.07, 6.45) is 2.06. The number of allylic oxidation sites excluding steroid dienone is 1. The first-order valence-electron chi connectivity index (χ1n) is 8.03. The first kappa shape index (κ1) is 15.5. The Balaban J connectivity index is 1.79. The molecule has 3 aromatic carbocycles. The topological polar surface area (TPSA) is 27.6 Å². The fourth-order valence-corrected chi connectivity index (χ4v) is 2.87. The number of hydrazone groups is 1. The molecule has 25 heavy (non-hydrogen) atoms. The maximum Gasteiger partial charge on any atom is 0.0949 e. The Morgan fingerprint density at radius 2 is 1.44 bits per heavy atom. The minimum Gasteiger partial charge on any atom is -0.277 e.